The van der Waals surface area contributed by atoms with Crippen molar-refractivity contribution in [1.29, 1.82) is 0 Å². The molecule has 0 aliphatic rings. The van der Waals surface area contributed by atoms with Crippen LogP contribution in [-0.2, 0) is 32.2 Å². The molecule has 0 saturated carbocycles. The third-order valence-electron chi connectivity index (χ3n) is 4.13. The highest BCUT2D eigenvalue weighted by atomic mass is 16.5. The predicted molar refractivity (Wildman–Crippen MR) is 113 cm³/mol. The summed E-state index contributed by atoms with van der Waals surface area (Å²) in [7, 11) is 0. The van der Waals surface area contributed by atoms with Crippen molar-refractivity contribution in [3.63, 3.8) is 0 Å². The number of carbonyl (C=O) groups is 2. The van der Waals surface area contributed by atoms with Crippen molar-refractivity contribution in [1.82, 2.24) is 40.2 Å². The van der Waals surface area contributed by atoms with E-state index in [1.165, 1.54) is 0 Å². The number of nitrogens with one attached hydrogen (secondary N) is 2. The van der Waals surface area contributed by atoms with E-state index in [1.807, 2.05) is 12.1 Å². The fraction of sp³-hybridized carbons (Fsp3) is 0.400. The Balaban J connectivity index is 1.58. The van der Waals surface area contributed by atoms with Gasteiger partial charge in [-0.2, -0.15) is 10.2 Å². The third-order valence-corrected chi connectivity index (χ3v) is 4.13. The molecule has 32 heavy (non-hydrogen) atoms. The summed E-state index contributed by atoms with van der Waals surface area (Å²) in [5, 5.41) is 14.9. The Bertz CT molecular complexity index is 955. The monoisotopic (exact) mass is 442 g/mol. The molecule has 0 aliphatic heterocycles. The lowest BCUT2D eigenvalue weighted by Gasteiger charge is -2.05. The van der Waals surface area contributed by atoms with E-state index in [0.29, 0.717) is 37.9 Å². The average molecular weight is 442 g/mol. The van der Waals surface area contributed by atoms with Crippen molar-refractivity contribution in [2.45, 2.75) is 26.9 Å². The molecule has 0 radical (unpaired) electrons. The molecule has 0 aliphatic carbocycles. The molecule has 2 N–H and O–H groups in total. The maximum absolute atomic E-state index is 11.4. The van der Waals surface area contributed by atoms with Gasteiger partial charge in [0.15, 0.2) is 11.6 Å². The van der Waals surface area contributed by atoms with Crippen molar-refractivity contribution in [3.8, 4) is 11.6 Å². The van der Waals surface area contributed by atoms with E-state index in [-0.39, 0.29) is 25.0 Å². The van der Waals surface area contributed by atoms with Crippen molar-refractivity contribution in [3.05, 3.63) is 48.3 Å². The highest BCUT2D eigenvalue weighted by Gasteiger charge is 2.09. The molecule has 3 aromatic heterocycles. The summed E-state index contributed by atoms with van der Waals surface area (Å²) in [4.78, 5) is 31.6. The molecule has 0 spiro atoms. The largest absolute Gasteiger partial charge is 0.465 e. The molecule has 0 saturated heterocycles. The molecule has 3 aromatic rings. The van der Waals surface area contributed by atoms with E-state index >= 15 is 0 Å². The molecule has 0 fully saturated rings. The van der Waals surface area contributed by atoms with Crippen molar-refractivity contribution in [2.75, 3.05) is 26.3 Å². The fourth-order valence-corrected chi connectivity index (χ4v) is 2.74. The fourth-order valence-electron chi connectivity index (χ4n) is 2.74. The van der Waals surface area contributed by atoms with Gasteiger partial charge in [0.25, 0.3) is 0 Å². The van der Waals surface area contributed by atoms with E-state index in [2.05, 4.69) is 30.8 Å². The van der Waals surface area contributed by atoms with Gasteiger partial charge in [-0.15, -0.1) is 0 Å². The van der Waals surface area contributed by atoms with Gasteiger partial charge in [-0.1, -0.05) is 0 Å². The van der Waals surface area contributed by atoms with Crippen LogP contribution in [0.1, 0.15) is 25.2 Å². The zero-order chi connectivity index (χ0) is 22.8. The maximum Gasteiger partial charge on any atom is 0.319 e. The van der Waals surface area contributed by atoms with Gasteiger partial charge >= 0.3 is 11.9 Å². The van der Waals surface area contributed by atoms with Gasteiger partial charge in [0.05, 0.1) is 50.1 Å². The van der Waals surface area contributed by atoms with Gasteiger partial charge < -0.3 is 20.1 Å². The van der Waals surface area contributed by atoms with Crippen LogP contribution in [-0.4, -0.2) is 67.8 Å². The molecule has 0 unspecified atom stereocenters. The number of aromatic nitrogens is 6. The maximum atomic E-state index is 11.4. The van der Waals surface area contributed by atoms with Crippen LogP contribution in [0.5, 0.6) is 0 Å². The molecular formula is C20H26N8O4. The minimum absolute atomic E-state index is 0.117. The number of rotatable bonds is 12. The molecule has 0 bridgehead atoms. The minimum Gasteiger partial charge on any atom is -0.465 e. The van der Waals surface area contributed by atoms with Crippen molar-refractivity contribution < 1.29 is 19.1 Å². The summed E-state index contributed by atoms with van der Waals surface area (Å²) in [5.74, 6) is 0.439. The number of hydrogen-bond acceptors (Lipinski definition) is 10. The van der Waals surface area contributed by atoms with Crippen LogP contribution in [0.2, 0.25) is 0 Å². The number of esters is 2. The Morgan fingerprint density at radius 3 is 1.75 bits per heavy atom. The second kappa shape index (κ2) is 11.7. The Hall–Kier alpha value is -3.64. The number of carbonyl (C=O) groups excluding carboxylic acids is 2. The first kappa shape index (κ1) is 23.0. The second-order valence-electron chi connectivity index (χ2n) is 6.56. The Morgan fingerprint density at radius 2 is 1.31 bits per heavy atom. The van der Waals surface area contributed by atoms with Crippen LogP contribution in [0.15, 0.2) is 36.9 Å². The molecule has 170 valence electrons. The molecule has 0 atom stereocenters. The molecule has 3 heterocycles. The highest BCUT2D eigenvalue weighted by molar-refractivity contribution is 5.71. The SMILES string of the molecule is CCOC(=O)CNCc1ccn(-c2cncc(-n3ccc(CNCC(=O)OCC)n3)n2)n1. The van der Waals surface area contributed by atoms with Crippen molar-refractivity contribution >= 4 is 11.9 Å². The lowest BCUT2D eigenvalue weighted by atomic mass is 10.4. The average Bonchev–Trinajstić information content (AvgIpc) is 3.44. The van der Waals surface area contributed by atoms with E-state index in [0.717, 1.165) is 11.4 Å². The normalized spacial score (nSPS) is 10.8. The van der Waals surface area contributed by atoms with Crippen molar-refractivity contribution in [2.24, 2.45) is 0 Å². The molecular weight excluding hydrogens is 416 g/mol. The lowest BCUT2D eigenvalue weighted by Crippen LogP contribution is -2.24. The smallest absolute Gasteiger partial charge is 0.319 e. The Labute approximate surface area is 184 Å². The zero-order valence-corrected chi connectivity index (χ0v) is 18.0. The zero-order valence-electron chi connectivity index (χ0n) is 18.0. The minimum atomic E-state index is -0.305. The van der Waals surface area contributed by atoms with E-state index < -0.39 is 0 Å². The first-order chi connectivity index (χ1) is 15.6. The van der Waals surface area contributed by atoms with E-state index in [9.17, 15) is 9.59 Å². The van der Waals surface area contributed by atoms with Crippen LogP contribution in [0.4, 0.5) is 0 Å². The van der Waals surface area contributed by atoms with Gasteiger partial charge in [0.1, 0.15) is 0 Å². The number of ether oxygens (including phenoxy) is 2. The lowest BCUT2D eigenvalue weighted by molar-refractivity contribution is -0.142. The van der Waals surface area contributed by atoms with Gasteiger partial charge in [0, 0.05) is 25.5 Å². The number of nitrogens with zero attached hydrogens (tertiary/aromatic N) is 6. The van der Waals surface area contributed by atoms with E-state index in [4.69, 9.17) is 9.47 Å². The van der Waals surface area contributed by atoms with Crippen LogP contribution in [0.25, 0.3) is 11.6 Å². The Kier molecular flexibility index (Phi) is 8.40. The highest BCUT2D eigenvalue weighted by Crippen LogP contribution is 2.08. The summed E-state index contributed by atoms with van der Waals surface area (Å²) >= 11 is 0. The third kappa shape index (κ3) is 6.68. The van der Waals surface area contributed by atoms with E-state index in [1.54, 1.807) is 48.0 Å². The number of hydrogen-bond donors (Lipinski definition) is 2. The molecule has 3 rings (SSSR count). The molecule has 0 aromatic carbocycles. The van der Waals surface area contributed by atoms with Crippen LogP contribution >= 0.6 is 0 Å². The summed E-state index contributed by atoms with van der Waals surface area (Å²) in [5.41, 5.74) is 1.49. The van der Waals surface area contributed by atoms with Gasteiger partial charge in [-0.25, -0.2) is 14.3 Å². The van der Waals surface area contributed by atoms with Crippen LogP contribution in [0, 0.1) is 0 Å². The Morgan fingerprint density at radius 1 is 0.844 bits per heavy atom. The van der Waals surface area contributed by atoms with Crippen LogP contribution < -0.4 is 10.6 Å². The molecule has 12 nitrogen and oxygen atoms in total. The predicted octanol–water partition coefficient (Wildman–Crippen LogP) is 0.153. The summed E-state index contributed by atoms with van der Waals surface area (Å²) in [6.07, 6.45) is 6.72. The summed E-state index contributed by atoms with van der Waals surface area (Å²) in [6.45, 7) is 5.31. The topological polar surface area (TPSA) is 138 Å². The standard InChI is InChI=1S/C20H26N8O4/c1-3-31-19(29)13-21-9-15-5-7-27(25-15)17-11-23-12-18(24-17)28-8-6-16(26-28)10-22-14-20(30)32-4-2/h5-8,11-12,21-22H,3-4,9-10,13-14H2,1-2H3. The summed E-state index contributed by atoms with van der Waals surface area (Å²) < 4.78 is 13.0. The summed E-state index contributed by atoms with van der Waals surface area (Å²) in [6, 6.07) is 3.65. The second-order valence-corrected chi connectivity index (χ2v) is 6.56. The molecule has 12 heteroatoms. The van der Waals surface area contributed by atoms with Crippen LogP contribution in [0.3, 0.4) is 0 Å². The first-order valence-electron chi connectivity index (χ1n) is 10.2. The quantitative estimate of drug-likeness (QED) is 0.373. The van der Waals surface area contributed by atoms with Gasteiger partial charge in [-0.05, 0) is 26.0 Å². The first-order valence-corrected chi connectivity index (χ1v) is 10.2. The van der Waals surface area contributed by atoms with Gasteiger partial charge in [-0.3, -0.25) is 14.6 Å². The van der Waals surface area contributed by atoms with Gasteiger partial charge in [0.2, 0.25) is 0 Å². The molecule has 0 amide bonds.